The summed E-state index contributed by atoms with van der Waals surface area (Å²) in [6.45, 7) is 4.08. The largest absolute Gasteiger partial charge is 2.00 e. The summed E-state index contributed by atoms with van der Waals surface area (Å²) in [7, 11) is 0. The van der Waals surface area contributed by atoms with E-state index >= 15 is 0 Å². The predicted octanol–water partition coefficient (Wildman–Crippen LogP) is 9.09. The second-order valence-corrected chi connectivity index (χ2v) is 11.1. The SMILES string of the molecule is Cc1ccnc(-c2[c-]c(Oc3[c-]c4c(cc3)c3ccc(Oc5[c-]c(-c6cc(C)ccn6)ccc5)[c-]c3n4-c3ncccn3)ccc2)c1.[Pt+2].[Pt+2]. The third kappa shape index (κ3) is 7.10. The van der Waals surface area contributed by atoms with Gasteiger partial charge in [-0.25, -0.2) is 9.97 Å². The first-order valence-corrected chi connectivity index (χ1v) is 15.0. The normalized spacial score (nSPS) is 10.7. The zero-order valence-electron chi connectivity index (χ0n) is 26.2. The molecule has 4 heterocycles. The first-order chi connectivity index (χ1) is 23.1. The van der Waals surface area contributed by atoms with Crippen LogP contribution in [0.4, 0.5) is 0 Å². The molecule has 0 fully saturated rings. The van der Waals surface area contributed by atoms with Crippen LogP contribution >= 0.6 is 0 Å². The summed E-state index contributed by atoms with van der Waals surface area (Å²) < 4.78 is 14.5. The van der Waals surface area contributed by atoms with Crippen LogP contribution in [0, 0.1) is 38.1 Å². The molecule has 0 saturated heterocycles. The topological polar surface area (TPSA) is 75.0 Å². The summed E-state index contributed by atoms with van der Waals surface area (Å²) in [5.74, 6) is 2.64. The molecule has 0 aliphatic rings. The maximum Gasteiger partial charge on any atom is 2.00 e. The maximum atomic E-state index is 6.29. The molecule has 4 aromatic carbocycles. The second-order valence-electron chi connectivity index (χ2n) is 11.1. The van der Waals surface area contributed by atoms with Gasteiger partial charge < -0.3 is 24.0 Å². The van der Waals surface area contributed by atoms with E-state index in [4.69, 9.17) is 9.47 Å². The van der Waals surface area contributed by atoms with Crippen molar-refractivity contribution < 1.29 is 51.6 Å². The molecule has 0 saturated carbocycles. The van der Waals surface area contributed by atoms with Crippen LogP contribution in [0.2, 0.25) is 0 Å². The van der Waals surface area contributed by atoms with Crippen molar-refractivity contribution in [1.82, 2.24) is 24.5 Å². The summed E-state index contributed by atoms with van der Waals surface area (Å²) in [6, 6.07) is 42.7. The molecular weight excluding hydrogens is 973 g/mol. The van der Waals surface area contributed by atoms with E-state index in [-0.39, 0.29) is 42.1 Å². The monoisotopic (exact) mass is 997 g/mol. The van der Waals surface area contributed by atoms with E-state index in [1.807, 2.05) is 103 Å². The average Bonchev–Trinajstić information content (AvgIpc) is 3.41. The maximum absolute atomic E-state index is 6.29. The van der Waals surface area contributed by atoms with Crippen LogP contribution in [-0.2, 0) is 42.1 Å². The Kier molecular flexibility index (Phi) is 10.1. The third-order valence-corrected chi connectivity index (χ3v) is 7.65. The van der Waals surface area contributed by atoms with Gasteiger partial charge in [-0.15, -0.1) is 71.8 Å². The number of benzene rings is 4. The molecule has 8 aromatic rings. The molecular formula is C40H25N5O2Pt2. The fraction of sp³-hybridized carbons (Fsp3) is 0.0500. The van der Waals surface area contributed by atoms with Crippen molar-refractivity contribution in [1.29, 1.82) is 0 Å². The minimum absolute atomic E-state index is 0. The van der Waals surface area contributed by atoms with Gasteiger partial charge in [0.05, 0.1) is 0 Å². The van der Waals surface area contributed by atoms with E-state index in [1.54, 1.807) is 30.9 Å². The number of nitrogens with zero attached hydrogens (tertiary/aromatic N) is 5. The van der Waals surface area contributed by atoms with E-state index in [9.17, 15) is 0 Å². The summed E-state index contributed by atoms with van der Waals surface area (Å²) in [6.07, 6.45) is 7.01. The van der Waals surface area contributed by atoms with E-state index in [1.165, 1.54) is 0 Å². The van der Waals surface area contributed by atoms with Crippen molar-refractivity contribution in [3.05, 3.63) is 151 Å². The molecule has 242 valence electrons. The van der Waals surface area contributed by atoms with E-state index in [0.29, 0.717) is 28.9 Å². The van der Waals surface area contributed by atoms with Crippen molar-refractivity contribution in [2.45, 2.75) is 13.8 Å². The standard InChI is InChI=1S/C40H25N5O2.2Pt/c1-26-14-18-41-36(20-26)28-6-3-8-30(22-28)46-32-10-12-34-35-13-11-33(25-39(35)45(38(34)24-32)40-43-16-5-17-44-40)47-31-9-4-7-29(23-31)37-21-27(2)15-19-42-37;;/h3-21H,1-2H3;;/q-4;2*+2. The van der Waals surface area contributed by atoms with Gasteiger partial charge in [0, 0.05) is 47.8 Å². The first-order valence-electron chi connectivity index (χ1n) is 15.0. The van der Waals surface area contributed by atoms with Crippen LogP contribution in [0.15, 0.2) is 116 Å². The van der Waals surface area contributed by atoms with Crippen molar-refractivity contribution in [2.75, 3.05) is 0 Å². The molecule has 8 rings (SSSR count). The van der Waals surface area contributed by atoms with Gasteiger partial charge in [0.2, 0.25) is 5.95 Å². The van der Waals surface area contributed by atoms with Gasteiger partial charge in [0.25, 0.3) is 0 Å². The molecule has 4 aromatic heterocycles. The Bertz CT molecular complexity index is 2270. The fourth-order valence-electron chi connectivity index (χ4n) is 5.47. The van der Waals surface area contributed by atoms with Gasteiger partial charge in [0.15, 0.2) is 0 Å². The van der Waals surface area contributed by atoms with Gasteiger partial charge in [-0.05, 0) is 43.4 Å². The number of rotatable bonds is 7. The van der Waals surface area contributed by atoms with Crippen molar-refractivity contribution in [2.24, 2.45) is 0 Å². The van der Waals surface area contributed by atoms with E-state index in [2.05, 4.69) is 44.2 Å². The molecule has 0 spiro atoms. The van der Waals surface area contributed by atoms with Crippen LogP contribution < -0.4 is 9.47 Å². The number of hydrogen-bond acceptors (Lipinski definition) is 6. The van der Waals surface area contributed by atoms with Crippen molar-refractivity contribution in [3.8, 4) is 51.5 Å². The Balaban J connectivity index is 0.00000208. The molecule has 0 amide bonds. The summed E-state index contributed by atoms with van der Waals surface area (Å²) in [5, 5.41) is 1.90. The fourth-order valence-corrected chi connectivity index (χ4v) is 5.47. The molecule has 0 atom stereocenters. The predicted molar refractivity (Wildman–Crippen MR) is 181 cm³/mol. The smallest absolute Gasteiger partial charge is 0.503 e. The molecule has 7 nitrogen and oxygen atoms in total. The summed E-state index contributed by atoms with van der Waals surface area (Å²) in [5.41, 5.74) is 7.10. The number of aryl methyl sites for hydroxylation is 2. The first kappa shape index (κ1) is 33.9. The van der Waals surface area contributed by atoms with Gasteiger partial charge >= 0.3 is 42.1 Å². The van der Waals surface area contributed by atoms with Crippen LogP contribution in [0.5, 0.6) is 23.0 Å². The summed E-state index contributed by atoms with van der Waals surface area (Å²) in [4.78, 5) is 18.1. The Morgan fingerprint density at radius 1 is 0.490 bits per heavy atom. The molecule has 49 heavy (non-hydrogen) atoms. The molecule has 0 aliphatic heterocycles. The molecule has 0 N–H and O–H groups in total. The number of ether oxygens (including phenoxy) is 2. The molecule has 0 aliphatic carbocycles. The van der Waals surface area contributed by atoms with Crippen LogP contribution in [-0.4, -0.2) is 24.5 Å². The van der Waals surface area contributed by atoms with E-state index < -0.39 is 0 Å². The van der Waals surface area contributed by atoms with Crippen LogP contribution in [0.25, 0.3) is 50.3 Å². The zero-order chi connectivity index (χ0) is 31.7. The molecule has 9 heteroatoms. The average molecular weight is 998 g/mol. The Hall–Kier alpha value is -4.96. The molecule has 0 unspecified atom stereocenters. The molecule has 0 radical (unpaired) electrons. The number of aromatic nitrogens is 5. The number of fused-ring (bicyclic) bond motifs is 3. The van der Waals surface area contributed by atoms with Crippen LogP contribution in [0.1, 0.15) is 11.1 Å². The van der Waals surface area contributed by atoms with Gasteiger partial charge in [-0.1, -0.05) is 46.4 Å². The van der Waals surface area contributed by atoms with Crippen LogP contribution in [0.3, 0.4) is 0 Å². The van der Waals surface area contributed by atoms with Gasteiger partial charge in [-0.2, -0.15) is 22.9 Å². The number of pyridine rings is 2. The molecule has 0 bridgehead atoms. The van der Waals surface area contributed by atoms with Gasteiger partial charge in [-0.3, -0.25) is 0 Å². The second kappa shape index (κ2) is 14.7. The summed E-state index contributed by atoms with van der Waals surface area (Å²) >= 11 is 0. The number of hydrogen-bond donors (Lipinski definition) is 0. The van der Waals surface area contributed by atoms with Crippen molar-refractivity contribution in [3.63, 3.8) is 0 Å². The zero-order valence-corrected chi connectivity index (χ0v) is 30.7. The Labute approximate surface area is 312 Å². The van der Waals surface area contributed by atoms with Gasteiger partial charge in [0.1, 0.15) is 0 Å². The minimum Gasteiger partial charge on any atom is -0.503 e. The minimum atomic E-state index is 0. The third-order valence-electron chi connectivity index (χ3n) is 7.65. The van der Waals surface area contributed by atoms with Crippen molar-refractivity contribution >= 4 is 21.8 Å². The Morgan fingerprint density at radius 3 is 1.43 bits per heavy atom. The quantitative estimate of drug-likeness (QED) is 0.149. The van der Waals surface area contributed by atoms with E-state index in [0.717, 1.165) is 55.4 Å². The Morgan fingerprint density at radius 2 is 0.959 bits per heavy atom.